The summed E-state index contributed by atoms with van der Waals surface area (Å²) in [5, 5.41) is 13.7. The second kappa shape index (κ2) is 7.82. The molecule has 0 atom stereocenters. The van der Waals surface area contributed by atoms with Gasteiger partial charge in [0, 0.05) is 12.6 Å². The molecule has 0 aromatic heterocycles. The van der Waals surface area contributed by atoms with Crippen molar-refractivity contribution in [2.75, 3.05) is 18.5 Å². The minimum Gasteiger partial charge on any atom is -0.492 e. The third kappa shape index (κ3) is 4.88. The van der Waals surface area contributed by atoms with Crippen LogP contribution in [0.2, 0.25) is 0 Å². The van der Waals surface area contributed by atoms with E-state index >= 15 is 0 Å². The van der Waals surface area contributed by atoms with Crippen LogP contribution >= 0.6 is 0 Å². The van der Waals surface area contributed by atoms with Gasteiger partial charge in [-0.3, -0.25) is 10.1 Å². The van der Waals surface area contributed by atoms with Crippen molar-refractivity contribution in [3.05, 3.63) is 58.1 Å². The van der Waals surface area contributed by atoms with Gasteiger partial charge in [0.25, 0.3) is 15.5 Å². The first-order valence-corrected chi connectivity index (χ1v) is 9.04. The van der Waals surface area contributed by atoms with Crippen LogP contribution < -0.4 is 10.1 Å². The summed E-state index contributed by atoms with van der Waals surface area (Å²) in [4.78, 5) is 8.94. The maximum Gasteiger partial charge on any atom is 0.501 e. The Morgan fingerprint density at radius 2 is 1.78 bits per heavy atom. The first kappa shape index (κ1) is 20.5. The first-order valence-electron chi connectivity index (χ1n) is 7.55. The smallest absolute Gasteiger partial charge is 0.492 e. The number of halogens is 3. The molecule has 0 aliphatic rings. The van der Waals surface area contributed by atoms with Crippen LogP contribution in [0.5, 0.6) is 5.75 Å². The number of rotatable bonds is 7. The number of aryl methyl sites for hydroxylation is 1. The van der Waals surface area contributed by atoms with Crippen LogP contribution in [0, 0.1) is 17.0 Å². The number of nitrogens with zero attached hydrogens (tertiary/aromatic N) is 1. The minimum absolute atomic E-state index is 0.111. The predicted octanol–water partition coefficient (Wildman–Crippen LogP) is 3.69. The third-order valence-electron chi connectivity index (χ3n) is 3.49. The molecule has 0 spiro atoms. The Kier molecular flexibility index (Phi) is 5.94. The fourth-order valence-electron chi connectivity index (χ4n) is 2.10. The number of benzene rings is 2. The Morgan fingerprint density at radius 1 is 1.15 bits per heavy atom. The van der Waals surface area contributed by atoms with Gasteiger partial charge in [-0.15, -0.1) is 0 Å². The van der Waals surface area contributed by atoms with Crippen LogP contribution in [0.15, 0.2) is 47.4 Å². The van der Waals surface area contributed by atoms with Crippen molar-refractivity contribution in [3.8, 4) is 5.75 Å². The van der Waals surface area contributed by atoms with Gasteiger partial charge in [-0.25, -0.2) is 8.42 Å². The van der Waals surface area contributed by atoms with Crippen molar-refractivity contribution >= 4 is 21.2 Å². The number of hydrogen-bond donors (Lipinski definition) is 1. The third-order valence-corrected chi connectivity index (χ3v) is 4.97. The van der Waals surface area contributed by atoms with Crippen LogP contribution in [0.1, 0.15) is 5.56 Å². The van der Waals surface area contributed by atoms with Crippen LogP contribution in [-0.2, 0) is 9.84 Å². The summed E-state index contributed by atoms with van der Waals surface area (Å²) in [5.74, 6) is 0.587. The topological polar surface area (TPSA) is 98.5 Å². The lowest BCUT2D eigenvalue weighted by Gasteiger charge is -2.11. The molecule has 0 saturated heterocycles. The fraction of sp³-hybridized carbons (Fsp3) is 0.250. The first-order chi connectivity index (χ1) is 12.5. The molecular weight excluding hydrogens is 389 g/mol. The van der Waals surface area contributed by atoms with Gasteiger partial charge in [0.05, 0.1) is 9.82 Å². The zero-order valence-corrected chi connectivity index (χ0v) is 14.8. The highest BCUT2D eigenvalue weighted by Crippen LogP contribution is 2.34. The summed E-state index contributed by atoms with van der Waals surface area (Å²) in [6.45, 7) is 2.15. The Labute approximate surface area is 152 Å². The molecule has 0 radical (unpaired) electrons. The van der Waals surface area contributed by atoms with Gasteiger partial charge >= 0.3 is 5.51 Å². The molecule has 0 amide bonds. The van der Waals surface area contributed by atoms with Crippen molar-refractivity contribution in [1.29, 1.82) is 0 Å². The van der Waals surface area contributed by atoms with E-state index in [1.54, 1.807) is 12.1 Å². The van der Waals surface area contributed by atoms with Gasteiger partial charge < -0.3 is 10.1 Å². The lowest BCUT2D eigenvalue weighted by Crippen LogP contribution is -2.23. The van der Waals surface area contributed by atoms with Crippen molar-refractivity contribution in [3.63, 3.8) is 0 Å². The number of alkyl halides is 3. The van der Waals surface area contributed by atoms with Crippen molar-refractivity contribution in [2.24, 2.45) is 0 Å². The highest BCUT2D eigenvalue weighted by molar-refractivity contribution is 7.92. The average Bonchev–Trinajstić information content (AvgIpc) is 2.59. The molecule has 146 valence electrons. The van der Waals surface area contributed by atoms with E-state index in [4.69, 9.17) is 4.74 Å². The molecule has 0 heterocycles. The van der Waals surface area contributed by atoms with Crippen LogP contribution in [0.25, 0.3) is 0 Å². The molecule has 0 aliphatic heterocycles. The summed E-state index contributed by atoms with van der Waals surface area (Å²) in [6, 6.07) is 9.14. The summed E-state index contributed by atoms with van der Waals surface area (Å²) < 4.78 is 66.0. The monoisotopic (exact) mass is 404 g/mol. The molecule has 2 rings (SSSR count). The highest BCUT2D eigenvalue weighted by atomic mass is 32.2. The van der Waals surface area contributed by atoms with E-state index in [2.05, 4.69) is 5.32 Å². The quantitative estimate of drug-likeness (QED) is 0.429. The van der Waals surface area contributed by atoms with Crippen LogP contribution in [0.4, 0.5) is 24.5 Å². The van der Waals surface area contributed by atoms with Gasteiger partial charge in [-0.1, -0.05) is 17.7 Å². The SMILES string of the molecule is Cc1ccc(OCCNc2ccc(S(=O)(=O)C(F)(F)F)cc2[N+](=O)[O-])cc1. The Hall–Kier alpha value is -2.82. The minimum atomic E-state index is -5.67. The molecule has 2 aromatic rings. The molecule has 0 aliphatic carbocycles. The molecule has 0 fully saturated rings. The number of sulfone groups is 1. The predicted molar refractivity (Wildman–Crippen MR) is 91.5 cm³/mol. The van der Waals surface area contributed by atoms with Crippen LogP contribution in [-0.4, -0.2) is 32.0 Å². The summed E-state index contributed by atoms with van der Waals surface area (Å²) in [5.41, 5.74) is -5.40. The maximum atomic E-state index is 12.6. The van der Waals surface area contributed by atoms with Crippen LogP contribution in [0.3, 0.4) is 0 Å². The Bertz CT molecular complexity index is 928. The lowest BCUT2D eigenvalue weighted by molar-refractivity contribution is -0.384. The Balaban J connectivity index is 2.10. The zero-order valence-electron chi connectivity index (χ0n) is 14.0. The molecular formula is C16H15F3N2O5S. The molecule has 7 nitrogen and oxygen atoms in total. The van der Waals surface area contributed by atoms with E-state index in [1.165, 1.54) is 0 Å². The molecule has 0 saturated carbocycles. The van der Waals surface area contributed by atoms with Gasteiger partial charge in [0.1, 0.15) is 18.0 Å². The average molecular weight is 404 g/mol. The van der Waals surface area contributed by atoms with E-state index in [-0.39, 0.29) is 18.8 Å². The maximum absolute atomic E-state index is 12.6. The summed E-state index contributed by atoms with van der Waals surface area (Å²) in [7, 11) is -5.67. The number of anilines is 1. The summed E-state index contributed by atoms with van der Waals surface area (Å²) >= 11 is 0. The molecule has 27 heavy (non-hydrogen) atoms. The standard InChI is InChI=1S/C16H15F3N2O5S/c1-11-2-4-12(5-3-11)26-9-8-20-14-7-6-13(10-15(14)21(22)23)27(24,25)16(17,18)19/h2-7,10,20H,8-9H2,1H3. The molecule has 1 N–H and O–H groups in total. The largest absolute Gasteiger partial charge is 0.501 e. The number of nitrogens with one attached hydrogen (secondary N) is 1. The molecule has 0 unspecified atom stereocenters. The number of nitro groups is 1. The van der Waals surface area contributed by atoms with Gasteiger partial charge in [0.2, 0.25) is 0 Å². The fourth-order valence-corrected chi connectivity index (χ4v) is 2.88. The van der Waals surface area contributed by atoms with Crippen molar-refractivity contribution in [2.45, 2.75) is 17.3 Å². The number of hydrogen-bond acceptors (Lipinski definition) is 6. The second-order valence-corrected chi connectivity index (χ2v) is 7.41. The molecule has 2 aromatic carbocycles. The van der Waals surface area contributed by atoms with Gasteiger partial charge in [0.15, 0.2) is 0 Å². The normalized spacial score (nSPS) is 11.9. The lowest BCUT2D eigenvalue weighted by atomic mass is 10.2. The molecule has 11 heteroatoms. The molecule has 0 bridgehead atoms. The van der Waals surface area contributed by atoms with E-state index in [0.29, 0.717) is 17.9 Å². The van der Waals surface area contributed by atoms with E-state index in [0.717, 1.165) is 11.6 Å². The van der Waals surface area contributed by atoms with E-state index in [9.17, 15) is 31.7 Å². The Morgan fingerprint density at radius 3 is 2.33 bits per heavy atom. The number of nitro benzene ring substituents is 1. The zero-order chi connectivity index (χ0) is 20.2. The van der Waals surface area contributed by atoms with E-state index < -0.39 is 30.9 Å². The van der Waals surface area contributed by atoms with Crippen molar-refractivity contribution < 1.29 is 31.2 Å². The second-order valence-electron chi connectivity index (χ2n) is 5.47. The van der Waals surface area contributed by atoms with E-state index in [1.807, 2.05) is 19.1 Å². The highest BCUT2D eigenvalue weighted by Gasteiger charge is 2.47. The summed E-state index contributed by atoms with van der Waals surface area (Å²) in [6.07, 6.45) is 0. The van der Waals surface area contributed by atoms with Gasteiger partial charge in [-0.2, -0.15) is 13.2 Å². The number of ether oxygens (including phenoxy) is 1. The van der Waals surface area contributed by atoms with Gasteiger partial charge in [-0.05, 0) is 31.2 Å². The van der Waals surface area contributed by atoms with Crippen molar-refractivity contribution in [1.82, 2.24) is 0 Å².